The Bertz CT molecular complexity index is 811. The van der Waals surface area contributed by atoms with Gasteiger partial charge in [0.25, 0.3) is 0 Å². The monoisotopic (exact) mass is 275 g/mol. The second-order valence-corrected chi connectivity index (χ2v) is 5.29. The van der Waals surface area contributed by atoms with Crippen LogP contribution in [-0.2, 0) is 0 Å². The van der Waals surface area contributed by atoms with E-state index >= 15 is 0 Å². The van der Waals surface area contributed by atoms with E-state index in [-0.39, 0.29) is 0 Å². The number of phenolic OH excluding ortho intramolecular Hbond substituents is 1. The van der Waals surface area contributed by atoms with Gasteiger partial charge in [0.05, 0.1) is 5.52 Å². The molecule has 0 saturated heterocycles. The van der Waals surface area contributed by atoms with Gasteiger partial charge in [-0.1, -0.05) is 24.3 Å². The van der Waals surface area contributed by atoms with E-state index in [2.05, 4.69) is 35.3 Å². The number of aromatic hydroxyl groups is 1. The van der Waals surface area contributed by atoms with Gasteiger partial charge in [-0.05, 0) is 66.4 Å². The van der Waals surface area contributed by atoms with E-state index < -0.39 is 0 Å². The number of hydrogen-bond donors (Lipinski definition) is 1. The van der Waals surface area contributed by atoms with Gasteiger partial charge in [-0.15, -0.1) is 0 Å². The summed E-state index contributed by atoms with van der Waals surface area (Å²) in [6.45, 7) is 3.84. The summed E-state index contributed by atoms with van der Waals surface area (Å²) in [5.41, 5.74) is 5.04. The number of pyridine rings is 1. The minimum absolute atomic E-state index is 0.379. The van der Waals surface area contributed by atoms with E-state index in [9.17, 15) is 5.11 Å². The second-order valence-electron chi connectivity index (χ2n) is 5.29. The zero-order valence-corrected chi connectivity index (χ0v) is 12.2. The van der Waals surface area contributed by atoms with Crippen LogP contribution in [0.2, 0.25) is 0 Å². The molecular formula is C19H17NO. The van der Waals surface area contributed by atoms with Crippen molar-refractivity contribution in [2.45, 2.75) is 13.8 Å². The molecule has 0 spiro atoms. The maximum atomic E-state index is 9.80. The molecule has 3 aromatic rings. The number of fused-ring (bicyclic) bond motifs is 1. The molecule has 0 aliphatic heterocycles. The lowest BCUT2D eigenvalue weighted by atomic mass is 10.0. The zero-order chi connectivity index (χ0) is 14.8. The minimum Gasteiger partial charge on any atom is -0.507 e. The Morgan fingerprint density at radius 1 is 0.905 bits per heavy atom. The average molecular weight is 275 g/mol. The Morgan fingerprint density at radius 2 is 1.62 bits per heavy atom. The van der Waals surface area contributed by atoms with E-state index in [1.165, 1.54) is 0 Å². The summed E-state index contributed by atoms with van der Waals surface area (Å²) in [4.78, 5) is 4.32. The van der Waals surface area contributed by atoms with Crippen LogP contribution in [0.3, 0.4) is 0 Å². The first-order valence-corrected chi connectivity index (χ1v) is 6.96. The van der Waals surface area contributed by atoms with Gasteiger partial charge in [-0.25, -0.2) is 0 Å². The highest BCUT2D eigenvalue weighted by Gasteiger charge is 2.01. The maximum absolute atomic E-state index is 9.80. The van der Waals surface area contributed by atoms with Crippen LogP contribution in [0, 0.1) is 13.8 Å². The van der Waals surface area contributed by atoms with Crippen molar-refractivity contribution in [1.82, 2.24) is 4.98 Å². The lowest BCUT2D eigenvalue weighted by Gasteiger charge is -2.05. The van der Waals surface area contributed by atoms with E-state index in [4.69, 9.17) is 0 Å². The van der Waals surface area contributed by atoms with Crippen LogP contribution in [0.25, 0.3) is 23.1 Å². The number of benzene rings is 2. The molecule has 0 saturated carbocycles. The van der Waals surface area contributed by atoms with Gasteiger partial charge in [0.15, 0.2) is 0 Å². The molecule has 21 heavy (non-hydrogen) atoms. The van der Waals surface area contributed by atoms with Crippen LogP contribution >= 0.6 is 0 Å². The molecule has 2 nitrogen and oxygen atoms in total. The summed E-state index contributed by atoms with van der Waals surface area (Å²) in [7, 11) is 0. The Balaban J connectivity index is 1.94. The van der Waals surface area contributed by atoms with E-state index in [1.807, 2.05) is 38.1 Å². The predicted molar refractivity (Wildman–Crippen MR) is 88.3 cm³/mol. The van der Waals surface area contributed by atoms with Crippen LogP contribution in [0.4, 0.5) is 0 Å². The highest BCUT2D eigenvalue weighted by Crippen LogP contribution is 2.24. The Labute approximate surface area is 124 Å². The minimum atomic E-state index is 0.379. The molecule has 1 heterocycles. The highest BCUT2D eigenvalue weighted by molar-refractivity contribution is 5.83. The summed E-state index contributed by atoms with van der Waals surface area (Å²) in [6, 6.07) is 14.2. The molecule has 1 N–H and O–H groups in total. The molecule has 0 radical (unpaired) electrons. The molecule has 0 unspecified atom stereocenters. The maximum Gasteiger partial charge on any atom is 0.121 e. The molecule has 1 aromatic heterocycles. The van der Waals surface area contributed by atoms with Crippen LogP contribution < -0.4 is 0 Å². The van der Waals surface area contributed by atoms with E-state index in [0.717, 1.165) is 33.2 Å². The van der Waals surface area contributed by atoms with Crippen molar-refractivity contribution in [3.8, 4) is 5.75 Å². The molecule has 0 amide bonds. The second kappa shape index (κ2) is 5.41. The summed E-state index contributed by atoms with van der Waals surface area (Å²) in [6.07, 6.45) is 5.95. The molecule has 3 rings (SSSR count). The van der Waals surface area contributed by atoms with E-state index in [0.29, 0.717) is 5.75 Å². The van der Waals surface area contributed by atoms with Gasteiger partial charge in [0.2, 0.25) is 0 Å². The fourth-order valence-electron chi connectivity index (χ4n) is 2.48. The van der Waals surface area contributed by atoms with Gasteiger partial charge < -0.3 is 5.11 Å². The Hall–Kier alpha value is -2.61. The standard InChI is InChI=1S/C19H17NO/c1-13-10-16(11-14(2)19(13)21)6-5-15-7-8-18-17(12-15)4-3-9-20-18/h3-12,21H,1-2H3/b6-5+. The number of hydrogen-bond acceptors (Lipinski definition) is 2. The topological polar surface area (TPSA) is 33.1 Å². The van der Waals surface area contributed by atoms with Gasteiger partial charge in [-0.2, -0.15) is 0 Å². The molecule has 0 fully saturated rings. The molecule has 0 aliphatic carbocycles. The summed E-state index contributed by atoms with van der Waals surface area (Å²) in [5.74, 6) is 0.379. The van der Waals surface area contributed by atoms with Crippen molar-refractivity contribution in [3.05, 3.63) is 70.9 Å². The van der Waals surface area contributed by atoms with Crippen molar-refractivity contribution in [1.29, 1.82) is 0 Å². The van der Waals surface area contributed by atoms with Gasteiger partial charge in [-0.3, -0.25) is 4.98 Å². The predicted octanol–water partition coefficient (Wildman–Crippen LogP) is 4.73. The van der Waals surface area contributed by atoms with E-state index in [1.54, 1.807) is 6.20 Å². The summed E-state index contributed by atoms with van der Waals surface area (Å²) >= 11 is 0. The smallest absolute Gasteiger partial charge is 0.121 e. The first-order valence-electron chi connectivity index (χ1n) is 6.96. The molecule has 104 valence electrons. The summed E-state index contributed by atoms with van der Waals surface area (Å²) in [5, 5.41) is 10.9. The first-order chi connectivity index (χ1) is 10.1. The Morgan fingerprint density at radius 3 is 2.38 bits per heavy atom. The number of aromatic nitrogens is 1. The number of rotatable bonds is 2. The zero-order valence-electron chi connectivity index (χ0n) is 12.2. The fraction of sp³-hybridized carbons (Fsp3) is 0.105. The molecule has 2 aromatic carbocycles. The van der Waals surface area contributed by atoms with Crippen molar-refractivity contribution >= 4 is 23.1 Å². The van der Waals surface area contributed by atoms with Gasteiger partial charge in [0.1, 0.15) is 5.75 Å². The molecular weight excluding hydrogens is 258 g/mol. The quantitative estimate of drug-likeness (QED) is 0.686. The first kappa shape index (κ1) is 13.4. The van der Waals surface area contributed by atoms with Crippen LogP contribution in [0.15, 0.2) is 48.7 Å². The third-order valence-electron chi connectivity index (χ3n) is 3.61. The number of phenols is 1. The van der Waals surface area contributed by atoms with Crippen molar-refractivity contribution in [2.24, 2.45) is 0 Å². The fourth-order valence-corrected chi connectivity index (χ4v) is 2.48. The van der Waals surface area contributed by atoms with Crippen LogP contribution in [0.1, 0.15) is 22.3 Å². The Kier molecular flexibility index (Phi) is 3.44. The molecule has 2 heteroatoms. The number of aryl methyl sites for hydroxylation is 2. The average Bonchev–Trinajstić information content (AvgIpc) is 2.50. The summed E-state index contributed by atoms with van der Waals surface area (Å²) < 4.78 is 0. The lowest BCUT2D eigenvalue weighted by molar-refractivity contribution is 0.467. The van der Waals surface area contributed by atoms with Gasteiger partial charge >= 0.3 is 0 Å². The van der Waals surface area contributed by atoms with Crippen molar-refractivity contribution in [3.63, 3.8) is 0 Å². The lowest BCUT2D eigenvalue weighted by Crippen LogP contribution is -1.83. The third-order valence-corrected chi connectivity index (χ3v) is 3.61. The molecule has 0 atom stereocenters. The van der Waals surface area contributed by atoms with Crippen molar-refractivity contribution in [2.75, 3.05) is 0 Å². The SMILES string of the molecule is Cc1cc(/C=C/c2ccc3ncccc3c2)cc(C)c1O. The largest absolute Gasteiger partial charge is 0.507 e. The normalized spacial score (nSPS) is 11.3. The molecule has 0 bridgehead atoms. The van der Waals surface area contributed by atoms with Gasteiger partial charge in [0, 0.05) is 11.6 Å². The van der Waals surface area contributed by atoms with Crippen molar-refractivity contribution < 1.29 is 5.11 Å². The third kappa shape index (κ3) is 2.79. The number of nitrogens with zero attached hydrogens (tertiary/aromatic N) is 1. The van der Waals surface area contributed by atoms with Crippen LogP contribution in [-0.4, -0.2) is 10.1 Å². The molecule has 0 aliphatic rings. The highest BCUT2D eigenvalue weighted by atomic mass is 16.3. The van der Waals surface area contributed by atoms with Crippen LogP contribution in [0.5, 0.6) is 5.75 Å².